The summed E-state index contributed by atoms with van der Waals surface area (Å²) in [5.74, 6) is 1.09. The van der Waals surface area contributed by atoms with E-state index in [9.17, 15) is 4.39 Å². The van der Waals surface area contributed by atoms with Gasteiger partial charge in [-0.2, -0.15) is 5.10 Å². The van der Waals surface area contributed by atoms with Crippen molar-refractivity contribution < 1.29 is 4.39 Å². The van der Waals surface area contributed by atoms with Gasteiger partial charge in [-0.15, -0.1) is 10.2 Å². The molecule has 4 aromatic rings. The Balaban J connectivity index is 1.50. The molecule has 1 aromatic carbocycles. The number of anilines is 2. The minimum Gasteiger partial charge on any atom is -0.368 e. The lowest BCUT2D eigenvalue weighted by Gasteiger charge is -2.28. The molecular weight excluding hydrogens is 407 g/mol. The molecule has 3 heterocycles. The quantitative estimate of drug-likeness (QED) is 0.317. The number of halogens is 1. The summed E-state index contributed by atoms with van der Waals surface area (Å²) < 4.78 is 14.3. The summed E-state index contributed by atoms with van der Waals surface area (Å²) in [7, 11) is 0. The van der Waals surface area contributed by atoms with Crippen LogP contribution in [-0.4, -0.2) is 45.0 Å². The highest BCUT2D eigenvalue weighted by molar-refractivity contribution is 5.92. The van der Waals surface area contributed by atoms with Crippen LogP contribution in [0.3, 0.4) is 0 Å². The first-order valence-electron chi connectivity index (χ1n) is 10.6. The second kappa shape index (κ2) is 9.27. The van der Waals surface area contributed by atoms with Crippen LogP contribution in [0.4, 0.5) is 16.0 Å². The van der Waals surface area contributed by atoms with Gasteiger partial charge in [-0.1, -0.05) is 19.9 Å². The average molecular weight is 435 g/mol. The molecular formula is C23H27FN8. The number of hydrogen-bond donors (Lipinski definition) is 4. The van der Waals surface area contributed by atoms with Crippen LogP contribution in [0.25, 0.3) is 22.2 Å². The Morgan fingerprint density at radius 1 is 1.12 bits per heavy atom. The normalized spacial score (nSPS) is 13.1. The van der Waals surface area contributed by atoms with Gasteiger partial charge in [-0.25, -0.2) is 4.39 Å². The highest BCUT2D eigenvalue weighted by Crippen LogP contribution is 2.29. The molecule has 0 spiro atoms. The SMILES string of the molecule is CCC(C)(CNc1ccc(-c2ccc3[nH]nc(NCCN)c3c2)nn1)c1ncccc1F. The number of H-pyrrole nitrogens is 1. The van der Waals surface area contributed by atoms with Gasteiger partial charge in [0, 0.05) is 42.2 Å². The highest BCUT2D eigenvalue weighted by Gasteiger charge is 2.29. The molecule has 0 saturated carbocycles. The molecule has 166 valence electrons. The van der Waals surface area contributed by atoms with Crippen LogP contribution in [-0.2, 0) is 5.41 Å². The second-order valence-corrected chi connectivity index (χ2v) is 7.95. The predicted octanol–water partition coefficient (Wildman–Crippen LogP) is 3.70. The third-order valence-corrected chi connectivity index (χ3v) is 5.73. The van der Waals surface area contributed by atoms with E-state index in [4.69, 9.17) is 5.73 Å². The largest absolute Gasteiger partial charge is 0.368 e. The first kappa shape index (κ1) is 21.6. The molecule has 0 bridgehead atoms. The molecule has 0 aliphatic rings. The van der Waals surface area contributed by atoms with Gasteiger partial charge >= 0.3 is 0 Å². The average Bonchev–Trinajstić information content (AvgIpc) is 3.24. The Kier molecular flexibility index (Phi) is 6.27. The number of hydrogen-bond acceptors (Lipinski definition) is 7. The Morgan fingerprint density at radius 2 is 2.00 bits per heavy atom. The van der Waals surface area contributed by atoms with E-state index < -0.39 is 5.41 Å². The molecule has 5 N–H and O–H groups in total. The van der Waals surface area contributed by atoms with Crippen LogP contribution >= 0.6 is 0 Å². The van der Waals surface area contributed by atoms with Gasteiger partial charge in [0.1, 0.15) is 11.6 Å². The fourth-order valence-electron chi connectivity index (χ4n) is 3.57. The Morgan fingerprint density at radius 3 is 2.72 bits per heavy atom. The van der Waals surface area contributed by atoms with E-state index in [1.165, 1.54) is 6.07 Å². The number of aromatic amines is 1. The van der Waals surface area contributed by atoms with Crippen LogP contribution in [0.5, 0.6) is 0 Å². The smallest absolute Gasteiger partial charge is 0.155 e. The zero-order chi connectivity index (χ0) is 22.6. The second-order valence-electron chi connectivity index (χ2n) is 7.95. The highest BCUT2D eigenvalue weighted by atomic mass is 19.1. The van der Waals surface area contributed by atoms with Crippen molar-refractivity contribution in [1.29, 1.82) is 0 Å². The molecule has 0 fully saturated rings. The summed E-state index contributed by atoms with van der Waals surface area (Å²) in [6.45, 7) is 5.67. The van der Waals surface area contributed by atoms with Gasteiger partial charge in [0.05, 0.1) is 16.9 Å². The number of nitrogens with zero attached hydrogens (tertiary/aromatic N) is 4. The van der Waals surface area contributed by atoms with Crippen molar-refractivity contribution in [2.24, 2.45) is 5.73 Å². The lowest BCUT2D eigenvalue weighted by molar-refractivity contribution is 0.433. The number of rotatable bonds is 9. The fourth-order valence-corrected chi connectivity index (χ4v) is 3.57. The summed E-state index contributed by atoms with van der Waals surface area (Å²) in [5, 5.41) is 23.5. The third-order valence-electron chi connectivity index (χ3n) is 5.73. The molecule has 0 saturated heterocycles. The van der Waals surface area contributed by atoms with Gasteiger partial charge in [0.15, 0.2) is 5.82 Å². The molecule has 8 nitrogen and oxygen atoms in total. The monoisotopic (exact) mass is 434 g/mol. The summed E-state index contributed by atoms with van der Waals surface area (Å²) in [5.41, 5.74) is 8.17. The number of nitrogens with one attached hydrogen (secondary N) is 3. The molecule has 0 aliphatic carbocycles. The van der Waals surface area contributed by atoms with Gasteiger partial charge in [-0.05, 0) is 42.8 Å². The van der Waals surface area contributed by atoms with Crippen molar-refractivity contribution in [2.45, 2.75) is 25.7 Å². The standard InChI is InChI=1S/C23H27FN8/c1-3-23(2,21-17(24)5-4-11-26-21)14-28-20-9-8-18(29-31-20)15-6-7-19-16(13-15)22(32-30-19)27-12-10-25/h4-9,11,13H,3,10,12,14,25H2,1-2H3,(H,28,31)(H2,27,30,32). The summed E-state index contributed by atoms with van der Waals surface area (Å²) in [6, 6.07) is 12.8. The Hall–Kier alpha value is -3.59. The van der Waals surface area contributed by atoms with Crippen LogP contribution in [0.15, 0.2) is 48.7 Å². The zero-order valence-electron chi connectivity index (χ0n) is 18.2. The molecule has 1 atom stereocenters. The van der Waals surface area contributed by atoms with Gasteiger partial charge in [0.25, 0.3) is 0 Å². The zero-order valence-corrected chi connectivity index (χ0v) is 18.2. The van der Waals surface area contributed by atoms with Crippen LogP contribution < -0.4 is 16.4 Å². The van der Waals surface area contributed by atoms with E-state index in [-0.39, 0.29) is 5.82 Å². The lowest BCUT2D eigenvalue weighted by Crippen LogP contribution is -2.32. The van der Waals surface area contributed by atoms with Gasteiger partial charge < -0.3 is 16.4 Å². The van der Waals surface area contributed by atoms with Crippen molar-refractivity contribution in [3.8, 4) is 11.3 Å². The number of pyridine rings is 1. The summed E-state index contributed by atoms with van der Waals surface area (Å²) >= 11 is 0. The molecule has 0 radical (unpaired) electrons. The van der Waals surface area contributed by atoms with Crippen LogP contribution in [0.1, 0.15) is 26.0 Å². The van der Waals surface area contributed by atoms with Crippen molar-refractivity contribution in [2.75, 3.05) is 30.3 Å². The predicted molar refractivity (Wildman–Crippen MR) is 125 cm³/mol. The Bertz CT molecular complexity index is 1190. The van der Waals surface area contributed by atoms with E-state index in [0.29, 0.717) is 31.1 Å². The van der Waals surface area contributed by atoms with E-state index in [1.54, 1.807) is 12.3 Å². The van der Waals surface area contributed by atoms with Crippen molar-refractivity contribution in [1.82, 2.24) is 25.4 Å². The minimum atomic E-state index is -0.467. The first-order chi connectivity index (χ1) is 15.5. The van der Waals surface area contributed by atoms with Crippen molar-refractivity contribution in [3.63, 3.8) is 0 Å². The minimum absolute atomic E-state index is 0.296. The molecule has 4 rings (SSSR count). The van der Waals surface area contributed by atoms with E-state index in [1.807, 2.05) is 44.2 Å². The molecule has 1 unspecified atom stereocenters. The maximum atomic E-state index is 14.3. The maximum absolute atomic E-state index is 14.3. The van der Waals surface area contributed by atoms with Crippen LogP contribution in [0, 0.1) is 5.82 Å². The fraction of sp³-hybridized carbons (Fsp3) is 0.304. The molecule has 3 aromatic heterocycles. The molecule has 32 heavy (non-hydrogen) atoms. The summed E-state index contributed by atoms with van der Waals surface area (Å²) in [4.78, 5) is 4.26. The van der Waals surface area contributed by atoms with E-state index >= 15 is 0 Å². The van der Waals surface area contributed by atoms with Crippen molar-refractivity contribution >= 4 is 22.5 Å². The maximum Gasteiger partial charge on any atom is 0.155 e. The van der Waals surface area contributed by atoms with Gasteiger partial charge in [-0.3, -0.25) is 10.1 Å². The number of fused-ring (bicyclic) bond motifs is 1. The third kappa shape index (κ3) is 4.38. The Labute approximate surface area is 185 Å². The number of benzene rings is 1. The van der Waals surface area contributed by atoms with E-state index in [0.717, 1.165) is 34.4 Å². The topological polar surface area (TPSA) is 117 Å². The number of aromatic nitrogens is 5. The first-order valence-corrected chi connectivity index (χ1v) is 10.6. The van der Waals surface area contributed by atoms with Crippen LogP contribution in [0.2, 0.25) is 0 Å². The van der Waals surface area contributed by atoms with Gasteiger partial charge in [0.2, 0.25) is 0 Å². The number of nitrogens with two attached hydrogens (primary N) is 1. The molecule has 0 aliphatic heterocycles. The lowest BCUT2D eigenvalue weighted by atomic mass is 9.83. The molecule has 0 amide bonds. The molecule has 9 heteroatoms. The van der Waals surface area contributed by atoms with E-state index in [2.05, 4.69) is 36.0 Å². The summed E-state index contributed by atoms with van der Waals surface area (Å²) in [6.07, 6.45) is 2.35. The van der Waals surface area contributed by atoms with Crippen molar-refractivity contribution in [3.05, 3.63) is 60.2 Å².